The molecule has 0 aliphatic heterocycles. The quantitative estimate of drug-likeness (QED) is 0.519. The van der Waals surface area contributed by atoms with E-state index in [4.69, 9.17) is 4.74 Å². The van der Waals surface area contributed by atoms with Crippen LogP contribution in [-0.2, 0) is 0 Å². The summed E-state index contributed by atoms with van der Waals surface area (Å²) in [5.41, 5.74) is 4.96. The Morgan fingerprint density at radius 1 is 1.10 bits per heavy atom. The Morgan fingerprint density at radius 2 is 1.76 bits per heavy atom. The van der Waals surface area contributed by atoms with Gasteiger partial charge in [0, 0.05) is 4.70 Å². The molecule has 108 valence electrons. The summed E-state index contributed by atoms with van der Waals surface area (Å²) in [4.78, 5) is 0.206. The predicted molar refractivity (Wildman–Crippen MR) is 95.1 cm³/mol. The van der Waals surface area contributed by atoms with E-state index in [9.17, 15) is 0 Å². The standard InChI is InChI=1S/C18H17BrOS/c1-11-8-13(9-12(2)18(11)20-3)17(19)15-10-21-16-7-5-4-6-14(15)16/h4-10,17H,1-3H3. The summed E-state index contributed by atoms with van der Waals surface area (Å²) in [7, 11) is 1.73. The molecule has 1 atom stereocenters. The predicted octanol–water partition coefficient (Wildman–Crippen LogP) is 6.01. The van der Waals surface area contributed by atoms with Crippen LogP contribution in [0.2, 0.25) is 0 Å². The first-order valence-electron chi connectivity index (χ1n) is 6.87. The van der Waals surface area contributed by atoms with Gasteiger partial charge in [-0.15, -0.1) is 11.3 Å². The monoisotopic (exact) mass is 360 g/mol. The lowest BCUT2D eigenvalue weighted by Gasteiger charge is -2.15. The highest BCUT2D eigenvalue weighted by Crippen LogP contribution is 2.40. The lowest BCUT2D eigenvalue weighted by atomic mass is 9.99. The molecule has 1 unspecified atom stereocenters. The van der Waals surface area contributed by atoms with E-state index in [0.29, 0.717) is 0 Å². The normalized spacial score (nSPS) is 12.6. The molecule has 1 aromatic heterocycles. The van der Waals surface area contributed by atoms with Gasteiger partial charge in [-0.25, -0.2) is 0 Å². The number of thiophene rings is 1. The first-order chi connectivity index (χ1) is 10.1. The van der Waals surface area contributed by atoms with Crippen LogP contribution in [0.4, 0.5) is 0 Å². The maximum absolute atomic E-state index is 5.46. The Kier molecular flexibility index (Phi) is 4.05. The Labute approximate surface area is 137 Å². The van der Waals surface area contributed by atoms with Crippen LogP contribution < -0.4 is 4.74 Å². The van der Waals surface area contributed by atoms with Crippen LogP contribution in [0.25, 0.3) is 10.1 Å². The molecule has 0 bridgehead atoms. The van der Waals surface area contributed by atoms with Gasteiger partial charge in [0.15, 0.2) is 0 Å². The van der Waals surface area contributed by atoms with E-state index in [2.05, 4.69) is 71.6 Å². The third-order valence-electron chi connectivity index (χ3n) is 3.76. The number of hydrogen-bond donors (Lipinski definition) is 0. The van der Waals surface area contributed by atoms with E-state index >= 15 is 0 Å². The van der Waals surface area contributed by atoms with Gasteiger partial charge in [-0.3, -0.25) is 0 Å². The lowest BCUT2D eigenvalue weighted by Crippen LogP contribution is -1.97. The van der Waals surface area contributed by atoms with Gasteiger partial charge in [0.25, 0.3) is 0 Å². The minimum atomic E-state index is 0.206. The maximum atomic E-state index is 5.46. The highest BCUT2D eigenvalue weighted by molar-refractivity contribution is 9.09. The molecule has 0 aliphatic rings. The van der Waals surface area contributed by atoms with Gasteiger partial charge in [-0.2, -0.15) is 0 Å². The van der Waals surface area contributed by atoms with Crippen molar-refractivity contribution < 1.29 is 4.74 Å². The summed E-state index contributed by atoms with van der Waals surface area (Å²) in [5, 5.41) is 3.58. The second-order valence-electron chi connectivity index (χ2n) is 5.24. The van der Waals surface area contributed by atoms with Crippen LogP contribution in [0.5, 0.6) is 5.75 Å². The van der Waals surface area contributed by atoms with Crippen molar-refractivity contribution in [2.24, 2.45) is 0 Å². The van der Waals surface area contributed by atoms with Crippen molar-refractivity contribution in [3.63, 3.8) is 0 Å². The van der Waals surface area contributed by atoms with Crippen molar-refractivity contribution >= 4 is 37.4 Å². The average molecular weight is 361 g/mol. The molecule has 0 saturated heterocycles. The number of ether oxygens (including phenoxy) is 1. The van der Waals surface area contributed by atoms with E-state index in [1.54, 1.807) is 18.4 Å². The van der Waals surface area contributed by atoms with Crippen LogP contribution in [0.1, 0.15) is 27.1 Å². The summed E-state index contributed by atoms with van der Waals surface area (Å²) >= 11 is 5.67. The van der Waals surface area contributed by atoms with Gasteiger partial charge >= 0.3 is 0 Å². The number of fused-ring (bicyclic) bond motifs is 1. The number of rotatable bonds is 3. The Balaban J connectivity index is 2.08. The fourth-order valence-electron chi connectivity index (χ4n) is 2.83. The van der Waals surface area contributed by atoms with Crippen LogP contribution in [-0.4, -0.2) is 7.11 Å². The molecule has 0 radical (unpaired) electrons. The Morgan fingerprint density at radius 3 is 2.43 bits per heavy atom. The second kappa shape index (κ2) is 5.82. The van der Waals surface area contributed by atoms with Crippen LogP contribution in [0.15, 0.2) is 41.8 Å². The summed E-state index contributed by atoms with van der Waals surface area (Å²) in [5.74, 6) is 0.980. The Bertz CT molecular complexity index is 768. The third kappa shape index (κ3) is 2.60. The number of aryl methyl sites for hydroxylation is 2. The lowest BCUT2D eigenvalue weighted by molar-refractivity contribution is 0.408. The summed E-state index contributed by atoms with van der Waals surface area (Å²) in [6.07, 6.45) is 0. The summed E-state index contributed by atoms with van der Waals surface area (Å²) in [6, 6.07) is 13.0. The average Bonchev–Trinajstić information content (AvgIpc) is 2.90. The van der Waals surface area contributed by atoms with Crippen molar-refractivity contribution in [2.45, 2.75) is 18.7 Å². The number of benzene rings is 2. The molecule has 0 spiro atoms. The second-order valence-corrected chi connectivity index (χ2v) is 7.06. The van der Waals surface area contributed by atoms with Crippen molar-refractivity contribution in [3.8, 4) is 5.75 Å². The molecular formula is C18H17BrOS. The van der Waals surface area contributed by atoms with Crippen molar-refractivity contribution in [2.75, 3.05) is 7.11 Å². The van der Waals surface area contributed by atoms with Gasteiger partial charge in [0.2, 0.25) is 0 Å². The molecule has 0 saturated carbocycles. The first kappa shape index (κ1) is 14.6. The molecule has 1 heterocycles. The highest BCUT2D eigenvalue weighted by atomic mass is 79.9. The minimum absolute atomic E-state index is 0.206. The number of alkyl halides is 1. The number of halogens is 1. The Hall–Kier alpha value is -1.32. The van der Waals surface area contributed by atoms with E-state index in [-0.39, 0.29) is 4.83 Å². The SMILES string of the molecule is COc1c(C)cc(C(Br)c2csc3ccccc23)cc1C. The third-order valence-corrected chi connectivity index (χ3v) is 5.77. The minimum Gasteiger partial charge on any atom is -0.496 e. The van der Waals surface area contributed by atoms with Gasteiger partial charge in [-0.05, 0) is 52.9 Å². The van der Waals surface area contributed by atoms with Gasteiger partial charge in [0.1, 0.15) is 5.75 Å². The fraction of sp³-hybridized carbons (Fsp3) is 0.222. The number of hydrogen-bond acceptors (Lipinski definition) is 2. The molecule has 0 N–H and O–H groups in total. The van der Waals surface area contributed by atoms with Gasteiger partial charge in [0.05, 0.1) is 11.9 Å². The fourth-order valence-corrected chi connectivity index (χ4v) is 4.63. The van der Waals surface area contributed by atoms with Crippen LogP contribution in [0.3, 0.4) is 0 Å². The molecular weight excluding hydrogens is 344 g/mol. The van der Waals surface area contributed by atoms with Crippen molar-refractivity contribution in [1.82, 2.24) is 0 Å². The molecule has 21 heavy (non-hydrogen) atoms. The molecule has 3 heteroatoms. The van der Waals surface area contributed by atoms with E-state index < -0.39 is 0 Å². The molecule has 0 fully saturated rings. The molecule has 0 aliphatic carbocycles. The molecule has 3 aromatic rings. The number of methoxy groups -OCH3 is 1. The zero-order valence-electron chi connectivity index (χ0n) is 12.3. The van der Waals surface area contributed by atoms with E-state index in [0.717, 1.165) is 5.75 Å². The summed E-state index contributed by atoms with van der Waals surface area (Å²) in [6.45, 7) is 4.20. The van der Waals surface area contributed by atoms with Crippen LogP contribution >= 0.6 is 27.3 Å². The van der Waals surface area contributed by atoms with E-state index in [1.807, 2.05) is 0 Å². The molecule has 3 rings (SSSR count). The van der Waals surface area contributed by atoms with E-state index in [1.165, 1.54) is 32.3 Å². The molecule has 1 nitrogen and oxygen atoms in total. The van der Waals surface area contributed by atoms with Crippen molar-refractivity contribution in [1.29, 1.82) is 0 Å². The van der Waals surface area contributed by atoms with Gasteiger partial charge in [-0.1, -0.05) is 46.3 Å². The summed E-state index contributed by atoms with van der Waals surface area (Å²) < 4.78 is 6.79. The highest BCUT2D eigenvalue weighted by Gasteiger charge is 2.17. The zero-order valence-corrected chi connectivity index (χ0v) is 14.7. The van der Waals surface area contributed by atoms with Crippen LogP contribution in [0, 0.1) is 13.8 Å². The first-order valence-corrected chi connectivity index (χ1v) is 8.66. The zero-order chi connectivity index (χ0) is 15.0. The largest absolute Gasteiger partial charge is 0.496 e. The maximum Gasteiger partial charge on any atom is 0.124 e. The van der Waals surface area contributed by atoms with Gasteiger partial charge < -0.3 is 4.74 Å². The van der Waals surface area contributed by atoms with Crippen molar-refractivity contribution in [3.05, 3.63) is 64.0 Å². The molecule has 0 amide bonds. The smallest absolute Gasteiger partial charge is 0.124 e. The topological polar surface area (TPSA) is 9.23 Å². The molecule has 2 aromatic carbocycles.